The van der Waals surface area contributed by atoms with Crippen molar-refractivity contribution in [2.75, 3.05) is 26.8 Å². The van der Waals surface area contributed by atoms with Gasteiger partial charge >= 0.3 is 0 Å². The zero-order valence-electron chi connectivity index (χ0n) is 13.0. The van der Waals surface area contributed by atoms with Crippen molar-refractivity contribution in [2.45, 2.75) is 38.8 Å². The van der Waals surface area contributed by atoms with Crippen LogP contribution in [0, 0.1) is 12.8 Å². The highest BCUT2D eigenvalue weighted by Crippen LogP contribution is 2.38. The predicted molar refractivity (Wildman–Crippen MR) is 83.7 cm³/mol. The Hall–Kier alpha value is -0.900. The molecule has 0 aromatic heterocycles. The molecule has 3 heteroatoms. The van der Waals surface area contributed by atoms with Gasteiger partial charge in [0, 0.05) is 32.3 Å². The van der Waals surface area contributed by atoms with Crippen LogP contribution < -0.4 is 5.73 Å². The Morgan fingerprint density at radius 3 is 2.70 bits per heavy atom. The summed E-state index contributed by atoms with van der Waals surface area (Å²) in [5, 5.41) is 0. The topological polar surface area (TPSA) is 38.5 Å². The minimum Gasteiger partial charge on any atom is -0.383 e. The maximum atomic E-state index is 6.10. The second-order valence-electron chi connectivity index (χ2n) is 5.97. The third-order valence-corrected chi connectivity index (χ3v) is 4.43. The van der Waals surface area contributed by atoms with Gasteiger partial charge in [0.15, 0.2) is 0 Å². The van der Waals surface area contributed by atoms with Crippen molar-refractivity contribution in [1.29, 1.82) is 0 Å². The standard InChI is InChI=1S/C17H28N2O/c1-13-5-4-6-16(11-13)17(12-18)19(9-10-20-3)14(2)15-7-8-15/h4-6,11,14-15,17H,7-10,12,18H2,1-3H3. The van der Waals surface area contributed by atoms with Crippen LogP contribution in [0.1, 0.15) is 36.9 Å². The summed E-state index contributed by atoms with van der Waals surface area (Å²) in [5.74, 6) is 0.839. The average Bonchev–Trinajstić information content (AvgIpc) is 3.27. The van der Waals surface area contributed by atoms with Crippen molar-refractivity contribution in [2.24, 2.45) is 11.7 Å². The van der Waals surface area contributed by atoms with Crippen LogP contribution in [0.3, 0.4) is 0 Å². The van der Waals surface area contributed by atoms with Crippen LogP contribution in [-0.2, 0) is 4.74 Å². The molecule has 2 N–H and O–H groups in total. The Labute approximate surface area is 123 Å². The molecule has 1 aromatic carbocycles. The third kappa shape index (κ3) is 3.81. The minimum atomic E-state index is 0.292. The van der Waals surface area contributed by atoms with Crippen LogP contribution in [0.25, 0.3) is 0 Å². The van der Waals surface area contributed by atoms with E-state index < -0.39 is 0 Å². The first kappa shape index (κ1) is 15.5. The first-order valence-electron chi connectivity index (χ1n) is 7.68. The molecule has 1 aliphatic rings. The summed E-state index contributed by atoms with van der Waals surface area (Å²) in [5.41, 5.74) is 8.73. The number of rotatable bonds is 8. The number of aryl methyl sites for hydroxylation is 1. The molecule has 3 nitrogen and oxygen atoms in total. The van der Waals surface area contributed by atoms with Gasteiger partial charge in [-0.05, 0) is 38.2 Å². The monoisotopic (exact) mass is 276 g/mol. The Kier molecular flexibility index (Phi) is 5.58. The van der Waals surface area contributed by atoms with Crippen molar-refractivity contribution >= 4 is 0 Å². The second kappa shape index (κ2) is 7.21. The third-order valence-electron chi connectivity index (χ3n) is 4.43. The smallest absolute Gasteiger partial charge is 0.0590 e. The fourth-order valence-electron chi connectivity index (χ4n) is 3.03. The first-order valence-corrected chi connectivity index (χ1v) is 7.68. The van der Waals surface area contributed by atoms with Crippen molar-refractivity contribution < 1.29 is 4.74 Å². The normalized spacial score (nSPS) is 18.2. The van der Waals surface area contributed by atoms with E-state index in [1.807, 2.05) is 0 Å². The van der Waals surface area contributed by atoms with Gasteiger partial charge in [0.05, 0.1) is 6.61 Å². The molecule has 0 spiro atoms. The zero-order chi connectivity index (χ0) is 14.5. The fourth-order valence-corrected chi connectivity index (χ4v) is 3.03. The van der Waals surface area contributed by atoms with Gasteiger partial charge in [0.2, 0.25) is 0 Å². The lowest BCUT2D eigenvalue weighted by molar-refractivity contribution is 0.0834. The second-order valence-corrected chi connectivity index (χ2v) is 5.97. The average molecular weight is 276 g/mol. The highest BCUT2D eigenvalue weighted by Gasteiger charge is 2.35. The molecular formula is C17H28N2O. The number of hydrogen-bond donors (Lipinski definition) is 1. The van der Waals surface area contributed by atoms with Crippen molar-refractivity contribution in [3.63, 3.8) is 0 Å². The molecule has 20 heavy (non-hydrogen) atoms. The van der Waals surface area contributed by atoms with E-state index in [2.05, 4.69) is 43.0 Å². The van der Waals surface area contributed by atoms with Crippen LogP contribution >= 0.6 is 0 Å². The number of nitrogens with two attached hydrogens (primary N) is 1. The van der Waals surface area contributed by atoms with Crippen molar-refractivity contribution in [1.82, 2.24) is 4.90 Å². The SMILES string of the molecule is COCCN(C(CN)c1cccc(C)c1)C(C)C1CC1. The van der Waals surface area contributed by atoms with E-state index in [-0.39, 0.29) is 0 Å². The van der Waals surface area contributed by atoms with Crippen LogP contribution in [0.4, 0.5) is 0 Å². The zero-order valence-corrected chi connectivity index (χ0v) is 13.0. The summed E-state index contributed by atoms with van der Waals surface area (Å²) in [6.07, 6.45) is 2.71. The summed E-state index contributed by atoms with van der Waals surface area (Å²) in [6, 6.07) is 9.60. The molecule has 0 heterocycles. The summed E-state index contributed by atoms with van der Waals surface area (Å²) in [4.78, 5) is 2.54. The molecule has 0 radical (unpaired) electrons. The highest BCUT2D eigenvalue weighted by molar-refractivity contribution is 5.25. The molecule has 0 bridgehead atoms. The lowest BCUT2D eigenvalue weighted by Gasteiger charge is -2.36. The van der Waals surface area contributed by atoms with Crippen molar-refractivity contribution in [3.8, 4) is 0 Å². The maximum absolute atomic E-state index is 6.10. The number of methoxy groups -OCH3 is 1. The molecular weight excluding hydrogens is 248 g/mol. The Morgan fingerprint density at radius 1 is 1.40 bits per heavy atom. The van der Waals surface area contributed by atoms with Crippen LogP contribution in [0.2, 0.25) is 0 Å². The lowest BCUT2D eigenvalue weighted by Crippen LogP contribution is -2.43. The van der Waals surface area contributed by atoms with Crippen LogP contribution in [0.15, 0.2) is 24.3 Å². The molecule has 2 atom stereocenters. The summed E-state index contributed by atoms with van der Waals surface area (Å²) < 4.78 is 5.29. The van der Waals surface area contributed by atoms with E-state index in [0.29, 0.717) is 18.6 Å². The number of nitrogens with zero attached hydrogens (tertiary/aromatic N) is 1. The van der Waals surface area contributed by atoms with Gasteiger partial charge in [0.1, 0.15) is 0 Å². The summed E-state index contributed by atoms with van der Waals surface area (Å²) >= 11 is 0. The number of ether oxygens (including phenoxy) is 1. The quantitative estimate of drug-likeness (QED) is 0.793. The van der Waals surface area contributed by atoms with Gasteiger partial charge in [-0.15, -0.1) is 0 Å². The minimum absolute atomic E-state index is 0.292. The van der Waals surface area contributed by atoms with E-state index in [9.17, 15) is 0 Å². The first-order chi connectivity index (χ1) is 9.67. The van der Waals surface area contributed by atoms with Gasteiger partial charge in [0.25, 0.3) is 0 Å². The molecule has 1 aliphatic carbocycles. The van der Waals surface area contributed by atoms with E-state index >= 15 is 0 Å². The largest absolute Gasteiger partial charge is 0.383 e. The van der Waals surface area contributed by atoms with Crippen molar-refractivity contribution in [3.05, 3.63) is 35.4 Å². The molecule has 2 rings (SSSR count). The van der Waals surface area contributed by atoms with E-state index in [4.69, 9.17) is 10.5 Å². The predicted octanol–water partition coefficient (Wildman–Crippen LogP) is 2.74. The number of hydrogen-bond acceptors (Lipinski definition) is 3. The van der Waals surface area contributed by atoms with Crippen LogP contribution in [-0.4, -0.2) is 37.7 Å². The van der Waals surface area contributed by atoms with Gasteiger partial charge in [-0.1, -0.05) is 29.8 Å². The Bertz CT molecular complexity index is 417. The molecule has 1 saturated carbocycles. The van der Waals surface area contributed by atoms with Gasteiger partial charge in [-0.2, -0.15) is 0 Å². The molecule has 0 amide bonds. The molecule has 0 aliphatic heterocycles. The van der Waals surface area contributed by atoms with Crippen LogP contribution in [0.5, 0.6) is 0 Å². The van der Waals surface area contributed by atoms with E-state index in [0.717, 1.165) is 19.1 Å². The Balaban J connectivity index is 2.18. The van der Waals surface area contributed by atoms with Gasteiger partial charge in [-0.25, -0.2) is 0 Å². The van der Waals surface area contributed by atoms with Gasteiger partial charge in [-0.3, -0.25) is 4.90 Å². The lowest BCUT2D eigenvalue weighted by atomic mass is 10.00. The highest BCUT2D eigenvalue weighted by atomic mass is 16.5. The number of benzene rings is 1. The molecule has 1 fully saturated rings. The maximum Gasteiger partial charge on any atom is 0.0590 e. The molecule has 112 valence electrons. The van der Waals surface area contributed by atoms with Gasteiger partial charge < -0.3 is 10.5 Å². The summed E-state index contributed by atoms with van der Waals surface area (Å²) in [7, 11) is 1.77. The Morgan fingerprint density at radius 2 is 2.15 bits per heavy atom. The molecule has 0 saturated heterocycles. The van der Waals surface area contributed by atoms with E-state index in [1.165, 1.54) is 24.0 Å². The molecule has 1 aromatic rings. The molecule has 2 unspecified atom stereocenters. The summed E-state index contributed by atoms with van der Waals surface area (Å²) in [6.45, 7) is 6.85. The van der Waals surface area contributed by atoms with E-state index in [1.54, 1.807) is 7.11 Å². The fraction of sp³-hybridized carbons (Fsp3) is 0.647.